The van der Waals surface area contributed by atoms with Crippen LogP contribution in [-0.2, 0) is 4.79 Å². The van der Waals surface area contributed by atoms with Gasteiger partial charge in [0.2, 0.25) is 5.91 Å². The van der Waals surface area contributed by atoms with E-state index >= 15 is 0 Å². The van der Waals surface area contributed by atoms with Gasteiger partial charge in [-0.25, -0.2) is 4.39 Å². The van der Waals surface area contributed by atoms with Crippen molar-refractivity contribution < 1.29 is 14.3 Å². The summed E-state index contributed by atoms with van der Waals surface area (Å²) in [5, 5.41) is 25.1. The molecule has 3 atom stereocenters. The molecule has 0 radical (unpaired) electrons. The molecule has 0 unspecified atom stereocenters. The quantitative estimate of drug-likeness (QED) is 0.639. The summed E-state index contributed by atoms with van der Waals surface area (Å²) in [5.74, 6) is -0.276. The number of nitrogens with zero attached hydrogens (tertiary/aromatic N) is 3. The Morgan fingerprint density at radius 1 is 1.26 bits per heavy atom. The molecule has 164 valence electrons. The standard InChI is InChI=1S/C23H28FN5O2/c1-25-23(31)9-6-14-10-21(30)18(13-19(14)24)20-7-8-22(28-27-20)29(2)17-11-15-4-3-5-16(12-17)26-15/h6-10,13,15-17,26,30H,3-5,11-12H2,1-2H3,(H,25,31)/b9-6+/t15-,16+,17+. The van der Waals surface area contributed by atoms with Gasteiger partial charge >= 0.3 is 0 Å². The molecule has 2 fully saturated rings. The molecule has 4 rings (SSSR count). The second kappa shape index (κ2) is 9.01. The predicted octanol–water partition coefficient (Wildman–Crippen LogP) is 2.86. The van der Waals surface area contributed by atoms with Gasteiger partial charge in [-0.3, -0.25) is 4.79 Å². The zero-order valence-electron chi connectivity index (χ0n) is 17.8. The lowest BCUT2D eigenvalue weighted by Crippen LogP contribution is -2.54. The highest BCUT2D eigenvalue weighted by atomic mass is 19.1. The molecule has 8 heteroatoms. The molecule has 0 aliphatic carbocycles. The number of likely N-dealkylation sites (N-methyl/N-ethyl adjacent to an activating group) is 1. The first kappa shape index (κ1) is 21.2. The zero-order valence-corrected chi connectivity index (χ0v) is 17.8. The van der Waals surface area contributed by atoms with Crippen LogP contribution in [0, 0.1) is 5.82 Å². The molecule has 0 spiro atoms. The van der Waals surface area contributed by atoms with E-state index in [1.807, 2.05) is 13.1 Å². The summed E-state index contributed by atoms with van der Waals surface area (Å²) in [5.41, 5.74) is 0.760. The molecule has 2 bridgehead atoms. The fourth-order valence-corrected chi connectivity index (χ4v) is 4.56. The van der Waals surface area contributed by atoms with Crippen LogP contribution in [-0.4, -0.2) is 53.4 Å². The summed E-state index contributed by atoms with van der Waals surface area (Å²) in [4.78, 5) is 13.5. The zero-order chi connectivity index (χ0) is 22.0. The summed E-state index contributed by atoms with van der Waals surface area (Å²) in [6.45, 7) is 0. The van der Waals surface area contributed by atoms with Crippen molar-refractivity contribution >= 4 is 17.8 Å². The molecule has 2 aliphatic rings. The number of hydrogen-bond acceptors (Lipinski definition) is 6. The number of carbonyl (C=O) groups is 1. The van der Waals surface area contributed by atoms with Crippen molar-refractivity contribution in [3.8, 4) is 17.0 Å². The van der Waals surface area contributed by atoms with Gasteiger partial charge in [-0.15, -0.1) is 10.2 Å². The van der Waals surface area contributed by atoms with E-state index in [9.17, 15) is 14.3 Å². The van der Waals surface area contributed by atoms with Crippen molar-refractivity contribution in [2.75, 3.05) is 19.0 Å². The molecule has 1 aromatic carbocycles. The third kappa shape index (κ3) is 4.69. The predicted molar refractivity (Wildman–Crippen MR) is 118 cm³/mol. The van der Waals surface area contributed by atoms with Gasteiger partial charge in [0, 0.05) is 49.4 Å². The molecule has 0 saturated carbocycles. The third-order valence-electron chi connectivity index (χ3n) is 6.30. The molecule has 3 N–H and O–H groups in total. The van der Waals surface area contributed by atoms with Gasteiger partial charge in [0.25, 0.3) is 0 Å². The molecular weight excluding hydrogens is 397 g/mol. The Morgan fingerprint density at radius 3 is 2.65 bits per heavy atom. The number of fused-ring (bicyclic) bond motifs is 2. The van der Waals surface area contributed by atoms with Crippen LogP contribution in [0.25, 0.3) is 17.3 Å². The van der Waals surface area contributed by atoms with E-state index in [1.165, 1.54) is 50.6 Å². The van der Waals surface area contributed by atoms with Gasteiger partial charge in [0.15, 0.2) is 5.82 Å². The SMILES string of the molecule is CNC(=O)/C=C/c1cc(O)c(-c2ccc(N(C)[C@H]3C[C@H]4CCC[C@@H](C3)N4)nn2)cc1F. The topological polar surface area (TPSA) is 90.4 Å². The minimum atomic E-state index is -0.558. The number of aromatic hydroxyl groups is 1. The van der Waals surface area contributed by atoms with Crippen LogP contribution in [0.15, 0.2) is 30.3 Å². The number of benzene rings is 1. The van der Waals surface area contributed by atoms with Crippen LogP contribution in [0.2, 0.25) is 0 Å². The maximum atomic E-state index is 14.5. The van der Waals surface area contributed by atoms with Gasteiger partial charge in [-0.2, -0.15) is 0 Å². The maximum absolute atomic E-state index is 14.5. The molecule has 1 amide bonds. The van der Waals surface area contributed by atoms with Crippen molar-refractivity contribution in [2.24, 2.45) is 0 Å². The third-order valence-corrected chi connectivity index (χ3v) is 6.30. The number of halogens is 1. The van der Waals surface area contributed by atoms with Gasteiger partial charge < -0.3 is 20.6 Å². The largest absolute Gasteiger partial charge is 0.507 e. The van der Waals surface area contributed by atoms with Crippen molar-refractivity contribution in [1.82, 2.24) is 20.8 Å². The Bertz CT molecular complexity index is 967. The first-order valence-electron chi connectivity index (χ1n) is 10.7. The van der Waals surface area contributed by atoms with E-state index in [1.54, 1.807) is 6.07 Å². The lowest BCUT2D eigenvalue weighted by atomic mass is 9.83. The average Bonchev–Trinajstić information content (AvgIpc) is 2.78. The highest BCUT2D eigenvalue weighted by molar-refractivity contribution is 5.91. The molecule has 1 aromatic heterocycles. The van der Waals surface area contributed by atoms with E-state index < -0.39 is 5.82 Å². The molecule has 2 aliphatic heterocycles. The molecule has 7 nitrogen and oxygen atoms in total. The monoisotopic (exact) mass is 425 g/mol. The van der Waals surface area contributed by atoms with E-state index in [2.05, 4.69) is 25.7 Å². The molecule has 2 saturated heterocycles. The summed E-state index contributed by atoms with van der Waals surface area (Å²) < 4.78 is 14.5. The number of rotatable bonds is 5. The van der Waals surface area contributed by atoms with Crippen LogP contribution in [0.4, 0.5) is 10.2 Å². The summed E-state index contributed by atoms with van der Waals surface area (Å²) >= 11 is 0. The Kier molecular flexibility index (Phi) is 6.18. The number of hydrogen-bond donors (Lipinski definition) is 3. The van der Waals surface area contributed by atoms with Crippen molar-refractivity contribution in [3.05, 3.63) is 41.7 Å². The number of nitrogens with one attached hydrogen (secondary N) is 2. The van der Waals surface area contributed by atoms with Crippen LogP contribution in [0.5, 0.6) is 5.75 Å². The number of anilines is 1. The Hall–Kier alpha value is -3.00. The average molecular weight is 426 g/mol. The Labute approximate surface area is 181 Å². The highest BCUT2D eigenvalue weighted by Crippen LogP contribution is 2.33. The lowest BCUT2D eigenvalue weighted by molar-refractivity contribution is -0.115. The van der Waals surface area contributed by atoms with E-state index in [-0.39, 0.29) is 22.8 Å². The molecular formula is C23H28FN5O2. The second-order valence-electron chi connectivity index (χ2n) is 8.34. The van der Waals surface area contributed by atoms with Gasteiger partial charge in [0.1, 0.15) is 11.6 Å². The van der Waals surface area contributed by atoms with Gasteiger partial charge in [-0.1, -0.05) is 6.42 Å². The maximum Gasteiger partial charge on any atom is 0.243 e. The summed E-state index contributed by atoms with van der Waals surface area (Å²) in [6.07, 6.45) is 8.45. The number of phenolic OH excluding ortho intramolecular Hbond substituents is 1. The minimum absolute atomic E-state index is 0.116. The normalized spacial score (nSPS) is 23.0. The Morgan fingerprint density at radius 2 is 2.00 bits per heavy atom. The van der Waals surface area contributed by atoms with Crippen LogP contribution < -0.4 is 15.5 Å². The first-order valence-corrected chi connectivity index (χ1v) is 10.7. The molecule has 31 heavy (non-hydrogen) atoms. The van der Waals surface area contributed by atoms with Crippen LogP contribution in [0.3, 0.4) is 0 Å². The van der Waals surface area contributed by atoms with Gasteiger partial charge in [0.05, 0.1) is 5.69 Å². The molecule has 3 heterocycles. The highest BCUT2D eigenvalue weighted by Gasteiger charge is 2.33. The summed E-state index contributed by atoms with van der Waals surface area (Å²) in [7, 11) is 3.53. The number of aromatic nitrogens is 2. The van der Waals surface area contributed by atoms with Crippen molar-refractivity contribution in [1.29, 1.82) is 0 Å². The van der Waals surface area contributed by atoms with Crippen LogP contribution in [0.1, 0.15) is 37.7 Å². The number of phenols is 1. The van der Waals surface area contributed by atoms with E-state index in [4.69, 9.17) is 0 Å². The van der Waals surface area contributed by atoms with Gasteiger partial charge in [-0.05, 0) is 56.0 Å². The van der Waals surface area contributed by atoms with E-state index in [0.29, 0.717) is 23.8 Å². The fourth-order valence-electron chi connectivity index (χ4n) is 4.56. The van der Waals surface area contributed by atoms with Crippen molar-refractivity contribution in [3.63, 3.8) is 0 Å². The minimum Gasteiger partial charge on any atom is -0.507 e. The lowest BCUT2D eigenvalue weighted by Gasteiger charge is -2.43. The fraction of sp³-hybridized carbons (Fsp3) is 0.435. The van der Waals surface area contributed by atoms with Crippen LogP contribution >= 0.6 is 0 Å². The van der Waals surface area contributed by atoms with E-state index in [0.717, 1.165) is 18.7 Å². The smallest absolute Gasteiger partial charge is 0.243 e. The summed E-state index contributed by atoms with van der Waals surface area (Å²) in [6, 6.07) is 7.64. The number of piperidine rings is 2. The Balaban J connectivity index is 1.51. The molecule has 2 aromatic rings. The number of carbonyl (C=O) groups excluding carboxylic acids is 1. The van der Waals surface area contributed by atoms with Crippen molar-refractivity contribution in [2.45, 2.75) is 50.2 Å². The first-order chi connectivity index (χ1) is 14.9. The number of amides is 1. The second-order valence-corrected chi connectivity index (χ2v) is 8.34.